The smallest absolute Gasteiger partial charge is 0.0640 e. The molecule has 0 aliphatic heterocycles. The van der Waals surface area contributed by atoms with Gasteiger partial charge in [0.2, 0.25) is 0 Å². The third kappa shape index (κ3) is 11.2. The summed E-state index contributed by atoms with van der Waals surface area (Å²) in [5.74, 6) is 0. The van der Waals surface area contributed by atoms with Crippen molar-refractivity contribution < 1.29 is 0 Å². The van der Waals surface area contributed by atoms with Gasteiger partial charge in [-0.2, -0.15) is 0 Å². The number of rotatable bonds is 9. The van der Waals surface area contributed by atoms with Crippen molar-refractivity contribution in [2.24, 2.45) is 0 Å². The van der Waals surface area contributed by atoms with E-state index in [1.54, 1.807) is 0 Å². The highest BCUT2D eigenvalue weighted by Crippen LogP contribution is 2.50. The van der Waals surface area contributed by atoms with Gasteiger partial charge in [-0.1, -0.05) is 262 Å². The summed E-state index contributed by atoms with van der Waals surface area (Å²) in [4.78, 5) is 2.45. The van der Waals surface area contributed by atoms with E-state index in [9.17, 15) is 0 Å². The zero-order chi connectivity index (χ0) is 74.6. The Kier molecular flexibility index (Phi) is 16.9. The number of aromatic nitrogens is 4. The van der Waals surface area contributed by atoms with Gasteiger partial charge in [0.15, 0.2) is 0 Å². The predicted octanol–water partition coefficient (Wildman–Crippen LogP) is 31.1. The first kappa shape index (κ1) is 68.2. The molecule has 6 aromatic heterocycles. The Labute approximate surface area is 674 Å². The highest BCUT2D eigenvalue weighted by Gasteiger charge is 2.25. The van der Waals surface area contributed by atoms with Crippen LogP contribution in [0.2, 0.25) is 0 Å². The van der Waals surface area contributed by atoms with Crippen LogP contribution in [0.1, 0.15) is 7.43 Å². The largest absolute Gasteiger partial charge is 0.356 e. The van der Waals surface area contributed by atoms with E-state index < -0.39 is 0 Å². The molecule has 24 aromatic rings. The number of nitrogens with one attached hydrogen (secondary N) is 1. The number of hydrogen-bond donors (Lipinski definition) is 1. The van der Waals surface area contributed by atoms with E-state index in [-0.39, 0.29) is 7.43 Å². The van der Waals surface area contributed by atoms with Crippen molar-refractivity contribution in [3.8, 4) is 22.7 Å². The van der Waals surface area contributed by atoms with Crippen molar-refractivity contribution in [1.29, 1.82) is 0 Å². The highest BCUT2D eigenvalue weighted by molar-refractivity contribution is 9.10. The second-order valence-electron chi connectivity index (χ2n) is 28.8. The van der Waals surface area contributed by atoms with Crippen LogP contribution in [-0.2, 0) is 0 Å². The summed E-state index contributed by atoms with van der Waals surface area (Å²) >= 11 is 7.48. The minimum Gasteiger partial charge on any atom is -0.356 e. The van der Waals surface area contributed by atoms with E-state index >= 15 is 0 Å². The molecule has 540 valence electrons. The molecule has 0 aliphatic carbocycles. The summed E-state index contributed by atoms with van der Waals surface area (Å²) in [6.07, 6.45) is 0. The number of benzene rings is 18. The molecule has 0 fully saturated rings. The van der Waals surface area contributed by atoms with Gasteiger partial charge in [-0.15, -0.1) is 22.7 Å². The van der Waals surface area contributed by atoms with Crippen LogP contribution in [0.15, 0.2) is 405 Å². The first-order valence-corrected chi connectivity index (χ1v) is 40.7. The molecule has 0 aliphatic rings. The van der Waals surface area contributed by atoms with Gasteiger partial charge in [-0.25, -0.2) is 0 Å². The average molecular weight is 1560 g/mol. The number of para-hydroxylation sites is 8. The fourth-order valence-electron chi connectivity index (χ4n) is 17.6. The lowest BCUT2D eigenvalue weighted by Crippen LogP contribution is -2.10. The van der Waals surface area contributed by atoms with Crippen molar-refractivity contribution >= 4 is 216 Å². The third-order valence-corrected chi connectivity index (χ3v) is 25.9. The Morgan fingerprint density at radius 2 is 0.605 bits per heavy atom. The minimum absolute atomic E-state index is 0. The van der Waals surface area contributed by atoms with E-state index in [0.29, 0.717) is 0 Å². The standard InChI is InChI=1S/C52H33N3S.C28H20N2.C24H14BrNS.CH4/c1-3-16-35(17-4-1)53(37-30-32-46-43(33-37)50-38-20-8-7-15-34(38)29-31-47(50)54(46)36-18-5-2-6-19-36)48-27-13-23-41-42-24-14-28-49(52(42)56-51(41)48)55-44-25-11-9-21-39(44)40-22-10-12-26-45(40)55;1-3-10-21(11-4-1)29-22-16-18-26-25(19-22)28-24-14-8-7-9-20(24)15-17-27(28)30(26)23-12-5-2-6-13-23;25-19-11-5-9-17-18-10-6-14-22(24(18)27-23(17)19)26-20-12-3-1-7-15(20)16-8-2-4-13-21(16)26;/h1-33H;1-19,29H;1-14H;1H4. The number of thiophene rings is 2. The van der Waals surface area contributed by atoms with Crippen molar-refractivity contribution in [3.05, 3.63) is 405 Å². The van der Waals surface area contributed by atoms with Gasteiger partial charge >= 0.3 is 0 Å². The molecule has 1 N–H and O–H groups in total. The Balaban J connectivity index is 0.000000118. The van der Waals surface area contributed by atoms with E-state index in [2.05, 4.69) is 439 Å². The maximum Gasteiger partial charge on any atom is 0.0640 e. The van der Waals surface area contributed by atoms with Crippen molar-refractivity contribution in [1.82, 2.24) is 18.3 Å². The summed E-state index contributed by atoms with van der Waals surface area (Å²) in [7, 11) is 0. The zero-order valence-corrected chi connectivity index (χ0v) is 64.3. The molecule has 0 unspecified atom stereocenters. The first-order chi connectivity index (χ1) is 56.0. The Bertz CT molecular complexity index is 7760. The monoisotopic (exact) mass is 1560 g/mol. The van der Waals surface area contributed by atoms with Crippen molar-refractivity contribution in [3.63, 3.8) is 0 Å². The Morgan fingerprint density at radius 3 is 1.11 bits per heavy atom. The van der Waals surface area contributed by atoms with Gasteiger partial charge in [0.25, 0.3) is 0 Å². The molecule has 24 rings (SSSR count). The lowest BCUT2D eigenvalue weighted by Gasteiger charge is -2.26. The van der Waals surface area contributed by atoms with Gasteiger partial charge in [-0.05, 0) is 183 Å². The molecule has 6 heterocycles. The van der Waals surface area contributed by atoms with Gasteiger partial charge < -0.3 is 28.5 Å². The molecule has 0 radical (unpaired) electrons. The SMILES string of the molecule is Brc1cccc2c1sc1c(-n3c4ccccc4c4ccccc43)cccc12.C.c1ccc(N(c2ccc3c(c2)c2c4ccccc4ccc2n3-c2ccccc2)c2cccc3c2sc2c(-n4c5ccccc5c5ccccc54)cccc23)cc1.c1ccc(Nc2ccc3c(c2)c2c4ccccc4ccc2n3-c2ccccc2)cc1. The number of hydrogen-bond acceptors (Lipinski definition) is 4. The van der Waals surface area contributed by atoms with Gasteiger partial charge in [0.1, 0.15) is 0 Å². The number of fused-ring (bicyclic) bond motifs is 22. The molecular weight excluding hydrogens is 1490 g/mol. The van der Waals surface area contributed by atoms with Crippen LogP contribution in [0.4, 0.5) is 28.4 Å². The quantitative estimate of drug-likeness (QED) is 0.156. The fraction of sp³-hybridized carbons (Fsp3) is 0.00952. The van der Waals surface area contributed by atoms with Crippen LogP contribution in [0.3, 0.4) is 0 Å². The Hall–Kier alpha value is -13.8. The molecule has 0 saturated heterocycles. The summed E-state index contributed by atoms with van der Waals surface area (Å²) in [6.45, 7) is 0. The zero-order valence-electron chi connectivity index (χ0n) is 61.0. The van der Waals surface area contributed by atoms with Gasteiger partial charge in [0.05, 0.1) is 75.3 Å². The molecule has 9 heteroatoms. The summed E-state index contributed by atoms with van der Waals surface area (Å²) < 4.78 is 16.0. The van der Waals surface area contributed by atoms with Crippen LogP contribution in [0, 0.1) is 0 Å². The number of halogens is 1. The molecule has 0 amide bonds. The molecule has 114 heavy (non-hydrogen) atoms. The Morgan fingerprint density at radius 1 is 0.237 bits per heavy atom. The predicted molar refractivity (Wildman–Crippen MR) is 496 cm³/mol. The maximum absolute atomic E-state index is 3.73. The van der Waals surface area contributed by atoms with Crippen LogP contribution in [-0.4, -0.2) is 18.3 Å². The third-order valence-electron chi connectivity index (χ3n) is 22.5. The maximum atomic E-state index is 3.73. The molecule has 6 nitrogen and oxygen atoms in total. The van der Waals surface area contributed by atoms with E-state index in [4.69, 9.17) is 0 Å². The summed E-state index contributed by atoms with van der Waals surface area (Å²) in [5.41, 5.74) is 20.2. The van der Waals surface area contributed by atoms with E-state index in [0.717, 1.165) is 32.9 Å². The fourth-order valence-corrected chi connectivity index (χ4v) is 20.8. The first-order valence-electron chi connectivity index (χ1n) is 38.2. The number of nitrogens with zero attached hydrogens (tertiary/aromatic N) is 5. The van der Waals surface area contributed by atoms with Crippen molar-refractivity contribution in [2.45, 2.75) is 7.43 Å². The van der Waals surface area contributed by atoms with Gasteiger partial charge in [-0.3, -0.25) is 0 Å². The topological polar surface area (TPSA) is 35.0 Å². The van der Waals surface area contributed by atoms with Gasteiger partial charge in [0, 0.05) is 108 Å². The summed E-state index contributed by atoms with van der Waals surface area (Å²) in [6, 6.07) is 144. The lowest BCUT2D eigenvalue weighted by molar-refractivity contribution is 1.18. The van der Waals surface area contributed by atoms with Crippen LogP contribution in [0.5, 0.6) is 0 Å². The van der Waals surface area contributed by atoms with Crippen LogP contribution in [0.25, 0.3) is 172 Å². The molecular formula is C105H71BrN6S2. The van der Waals surface area contributed by atoms with E-state index in [1.165, 1.54) is 172 Å². The van der Waals surface area contributed by atoms with Crippen molar-refractivity contribution in [2.75, 3.05) is 10.2 Å². The second kappa shape index (κ2) is 28.2. The lowest BCUT2D eigenvalue weighted by atomic mass is 10.0. The molecule has 18 aromatic carbocycles. The normalized spacial score (nSPS) is 11.7. The molecule has 0 spiro atoms. The minimum atomic E-state index is 0. The molecule has 0 bridgehead atoms. The average Bonchev–Trinajstić information content (AvgIpc) is 1.57. The van der Waals surface area contributed by atoms with Crippen LogP contribution < -0.4 is 10.2 Å². The molecule has 0 saturated carbocycles. The highest BCUT2D eigenvalue weighted by atomic mass is 79.9. The van der Waals surface area contributed by atoms with Crippen LogP contribution >= 0.6 is 38.6 Å². The van der Waals surface area contributed by atoms with E-state index in [1.807, 2.05) is 28.7 Å². The molecule has 0 atom stereocenters. The number of anilines is 5. The second-order valence-corrected chi connectivity index (χ2v) is 31.7. The summed E-state index contributed by atoms with van der Waals surface area (Å²) in [5, 5.41) is 24.0.